The average Bonchev–Trinajstić information content (AvgIpc) is 2.68. The van der Waals surface area contributed by atoms with Crippen molar-refractivity contribution in [2.75, 3.05) is 6.61 Å². The summed E-state index contributed by atoms with van der Waals surface area (Å²) >= 11 is 0. The fraction of sp³-hybridized carbons (Fsp3) is 0.900. The van der Waals surface area contributed by atoms with Crippen molar-refractivity contribution in [2.24, 2.45) is 0 Å². The first-order chi connectivity index (χ1) is 13.0. The Hall–Kier alpha value is -1.02. The summed E-state index contributed by atoms with van der Waals surface area (Å²) in [7, 11) is 0. The molecule has 0 heterocycles. The van der Waals surface area contributed by atoms with Crippen molar-refractivity contribution in [1.29, 1.82) is 0 Å². The molecule has 0 aromatic rings. The van der Waals surface area contributed by atoms with Crippen molar-refractivity contribution < 1.29 is 34.8 Å². The first-order valence-corrected chi connectivity index (χ1v) is 10.3. The summed E-state index contributed by atoms with van der Waals surface area (Å²) < 4.78 is 4.86. The van der Waals surface area contributed by atoms with Crippen LogP contribution in [-0.4, -0.2) is 63.7 Å². The normalized spacial score (nSPS) is 15.7. The maximum absolute atomic E-state index is 11.8. The summed E-state index contributed by atoms with van der Waals surface area (Å²) in [6, 6.07) is 0. The fourth-order valence-corrected chi connectivity index (χ4v) is 2.85. The number of aliphatic hydroxyl groups excluding tert-OH is 4. The Bertz CT molecular complexity index is 375. The highest BCUT2D eigenvalue weighted by molar-refractivity contribution is 5.72. The number of aldehydes is 1. The minimum atomic E-state index is -1.79. The summed E-state index contributed by atoms with van der Waals surface area (Å²) in [5.74, 6) is -0.632. The minimum Gasteiger partial charge on any atom is -0.452 e. The second-order valence-corrected chi connectivity index (χ2v) is 7.11. The van der Waals surface area contributed by atoms with E-state index in [4.69, 9.17) is 9.84 Å². The molecule has 0 aliphatic carbocycles. The molecule has 0 aromatic heterocycles. The third-order valence-corrected chi connectivity index (χ3v) is 4.65. The van der Waals surface area contributed by atoms with E-state index < -0.39 is 37.0 Å². The molecule has 0 rings (SSSR count). The Morgan fingerprint density at radius 1 is 0.852 bits per heavy atom. The SMILES string of the molecule is CCCCCCCCCCCCCC(=O)O[C@@H](C=O)[C@@H](O)[C@H](O)[C@H](O)CO. The summed E-state index contributed by atoms with van der Waals surface area (Å²) in [5.41, 5.74) is 0. The minimum absolute atomic E-state index is 0.132. The largest absolute Gasteiger partial charge is 0.452 e. The molecule has 4 N–H and O–H groups in total. The summed E-state index contributed by atoms with van der Waals surface area (Å²) in [5, 5.41) is 37.3. The van der Waals surface area contributed by atoms with E-state index in [-0.39, 0.29) is 12.7 Å². The molecular formula is C20H38O7. The Balaban J connectivity index is 3.78. The number of aliphatic hydroxyl groups is 4. The molecule has 0 unspecified atom stereocenters. The average molecular weight is 391 g/mol. The van der Waals surface area contributed by atoms with Gasteiger partial charge in [-0.1, -0.05) is 71.1 Å². The Morgan fingerprint density at radius 2 is 1.33 bits per heavy atom. The predicted octanol–water partition coefficient (Wildman–Crippen LogP) is 1.87. The molecule has 0 fully saturated rings. The van der Waals surface area contributed by atoms with Gasteiger partial charge in [0, 0.05) is 6.42 Å². The lowest BCUT2D eigenvalue weighted by atomic mass is 10.0. The third kappa shape index (κ3) is 12.9. The second-order valence-electron chi connectivity index (χ2n) is 7.11. The quantitative estimate of drug-likeness (QED) is 0.160. The van der Waals surface area contributed by atoms with Crippen molar-refractivity contribution in [1.82, 2.24) is 0 Å². The van der Waals surface area contributed by atoms with Gasteiger partial charge < -0.3 is 25.2 Å². The van der Waals surface area contributed by atoms with E-state index in [0.29, 0.717) is 6.42 Å². The van der Waals surface area contributed by atoms with Gasteiger partial charge in [0.25, 0.3) is 0 Å². The summed E-state index contributed by atoms with van der Waals surface area (Å²) in [4.78, 5) is 22.7. The Kier molecular flexibility index (Phi) is 16.5. The number of carbonyl (C=O) groups excluding carboxylic acids is 2. The molecular weight excluding hydrogens is 352 g/mol. The molecule has 7 nitrogen and oxygen atoms in total. The molecule has 0 spiro atoms. The van der Waals surface area contributed by atoms with Crippen LogP contribution in [0.2, 0.25) is 0 Å². The molecule has 0 saturated heterocycles. The molecule has 4 atom stereocenters. The van der Waals surface area contributed by atoms with Gasteiger partial charge in [-0.2, -0.15) is 0 Å². The van der Waals surface area contributed by atoms with E-state index in [1.165, 1.54) is 44.9 Å². The third-order valence-electron chi connectivity index (χ3n) is 4.65. The van der Waals surface area contributed by atoms with Crippen LogP contribution in [0.1, 0.15) is 84.0 Å². The van der Waals surface area contributed by atoms with Gasteiger partial charge in [0.1, 0.15) is 18.3 Å². The number of hydrogen-bond donors (Lipinski definition) is 4. The molecule has 0 aromatic carbocycles. The lowest BCUT2D eigenvalue weighted by molar-refractivity contribution is -0.168. The molecule has 0 amide bonds. The van der Waals surface area contributed by atoms with Crippen LogP contribution in [0.5, 0.6) is 0 Å². The van der Waals surface area contributed by atoms with Crippen molar-refractivity contribution in [3.63, 3.8) is 0 Å². The van der Waals surface area contributed by atoms with E-state index in [2.05, 4.69) is 6.92 Å². The fourth-order valence-electron chi connectivity index (χ4n) is 2.85. The Morgan fingerprint density at radius 3 is 1.78 bits per heavy atom. The number of rotatable bonds is 18. The lowest BCUT2D eigenvalue weighted by Crippen LogP contribution is -2.48. The van der Waals surface area contributed by atoms with Crippen LogP contribution in [0.25, 0.3) is 0 Å². The number of ether oxygens (including phenoxy) is 1. The van der Waals surface area contributed by atoms with E-state index in [9.17, 15) is 24.9 Å². The maximum Gasteiger partial charge on any atom is 0.306 e. The van der Waals surface area contributed by atoms with Crippen LogP contribution >= 0.6 is 0 Å². The number of esters is 1. The van der Waals surface area contributed by atoms with Crippen molar-refractivity contribution in [3.05, 3.63) is 0 Å². The van der Waals surface area contributed by atoms with E-state index >= 15 is 0 Å². The van der Waals surface area contributed by atoms with E-state index in [1.807, 2.05) is 0 Å². The topological polar surface area (TPSA) is 124 Å². The molecule has 0 radical (unpaired) electrons. The van der Waals surface area contributed by atoms with Gasteiger partial charge >= 0.3 is 5.97 Å². The van der Waals surface area contributed by atoms with Crippen LogP contribution in [-0.2, 0) is 14.3 Å². The lowest BCUT2D eigenvalue weighted by Gasteiger charge is -2.25. The van der Waals surface area contributed by atoms with Crippen molar-refractivity contribution >= 4 is 12.3 Å². The number of hydrogen-bond acceptors (Lipinski definition) is 7. The van der Waals surface area contributed by atoms with E-state index in [1.54, 1.807) is 0 Å². The maximum atomic E-state index is 11.8. The highest BCUT2D eigenvalue weighted by Gasteiger charge is 2.33. The first-order valence-electron chi connectivity index (χ1n) is 10.3. The highest BCUT2D eigenvalue weighted by Crippen LogP contribution is 2.13. The highest BCUT2D eigenvalue weighted by atomic mass is 16.6. The van der Waals surface area contributed by atoms with Gasteiger partial charge in [0.05, 0.1) is 6.61 Å². The van der Waals surface area contributed by atoms with Crippen LogP contribution < -0.4 is 0 Å². The molecule has 0 bridgehead atoms. The number of carbonyl (C=O) groups is 2. The monoisotopic (exact) mass is 390 g/mol. The van der Waals surface area contributed by atoms with Gasteiger partial charge in [-0.15, -0.1) is 0 Å². The molecule has 27 heavy (non-hydrogen) atoms. The molecule has 160 valence electrons. The van der Waals surface area contributed by atoms with Crippen molar-refractivity contribution in [3.8, 4) is 0 Å². The van der Waals surface area contributed by atoms with Crippen LogP contribution in [0.3, 0.4) is 0 Å². The zero-order chi connectivity index (χ0) is 20.5. The Labute approximate surface area is 162 Å². The smallest absolute Gasteiger partial charge is 0.306 e. The van der Waals surface area contributed by atoms with Gasteiger partial charge in [-0.25, -0.2) is 0 Å². The molecule has 0 aliphatic rings. The first kappa shape index (κ1) is 26.0. The molecule has 7 heteroatoms. The zero-order valence-corrected chi connectivity index (χ0v) is 16.6. The van der Waals surface area contributed by atoms with Crippen LogP contribution in [0, 0.1) is 0 Å². The molecule has 0 saturated carbocycles. The summed E-state index contributed by atoms with van der Waals surface area (Å²) in [6.45, 7) is 1.43. The van der Waals surface area contributed by atoms with Crippen molar-refractivity contribution in [2.45, 2.75) is 108 Å². The second kappa shape index (κ2) is 17.1. The zero-order valence-electron chi connectivity index (χ0n) is 16.6. The molecule has 0 aliphatic heterocycles. The van der Waals surface area contributed by atoms with Crippen LogP contribution in [0.15, 0.2) is 0 Å². The van der Waals surface area contributed by atoms with Gasteiger partial charge in [0.15, 0.2) is 12.4 Å². The van der Waals surface area contributed by atoms with Crippen LogP contribution in [0.4, 0.5) is 0 Å². The van der Waals surface area contributed by atoms with E-state index in [0.717, 1.165) is 19.3 Å². The standard InChI is InChI=1S/C20H38O7/c1-2-3-4-5-6-7-8-9-10-11-12-13-18(24)27-17(15-22)20(26)19(25)16(23)14-21/h15-17,19-21,23,25-26H,2-14H2,1H3/t16-,17+,19-,20-/m1/s1. The number of unbranched alkanes of at least 4 members (excludes halogenated alkanes) is 10. The van der Waals surface area contributed by atoms with Gasteiger partial charge in [0.2, 0.25) is 0 Å². The predicted molar refractivity (Wildman–Crippen MR) is 102 cm³/mol. The van der Waals surface area contributed by atoms with Gasteiger partial charge in [-0.3, -0.25) is 9.59 Å². The van der Waals surface area contributed by atoms with Gasteiger partial charge in [-0.05, 0) is 6.42 Å². The summed E-state index contributed by atoms with van der Waals surface area (Å²) in [6.07, 6.45) is 6.28.